The molecule has 1 fully saturated rings. The lowest BCUT2D eigenvalue weighted by Gasteiger charge is -2.31. The first-order chi connectivity index (χ1) is 13.1. The van der Waals surface area contributed by atoms with E-state index in [0.29, 0.717) is 37.1 Å². The monoisotopic (exact) mass is 366 g/mol. The summed E-state index contributed by atoms with van der Waals surface area (Å²) in [7, 11) is 0. The molecule has 2 aromatic rings. The van der Waals surface area contributed by atoms with Gasteiger partial charge in [-0.05, 0) is 54.8 Å². The Morgan fingerprint density at radius 1 is 1.15 bits per heavy atom. The molecule has 1 saturated heterocycles. The molecular formula is C21H19FN2O3. The Bertz CT molecular complexity index is 866. The van der Waals surface area contributed by atoms with E-state index in [9.17, 15) is 14.0 Å². The fourth-order valence-electron chi connectivity index (χ4n) is 3.10. The number of nitriles is 1. The van der Waals surface area contributed by atoms with Crippen LogP contribution in [-0.2, 0) is 16.1 Å². The van der Waals surface area contributed by atoms with E-state index >= 15 is 0 Å². The van der Waals surface area contributed by atoms with Crippen molar-refractivity contribution >= 4 is 11.9 Å². The molecule has 0 saturated carbocycles. The van der Waals surface area contributed by atoms with Gasteiger partial charge in [-0.2, -0.15) is 5.26 Å². The lowest BCUT2D eigenvalue weighted by atomic mass is 9.96. The summed E-state index contributed by atoms with van der Waals surface area (Å²) in [6, 6.07) is 14.4. The molecule has 6 heteroatoms. The summed E-state index contributed by atoms with van der Waals surface area (Å²) in [4.78, 5) is 26.4. The van der Waals surface area contributed by atoms with Gasteiger partial charge < -0.3 is 9.64 Å². The molecule has 27 heavy (non-hydrogen) atoms. The first-order valence-electron chi connectivity index (χ1n) is 8.77. The van der Waals surface area contributed by atoms with Crippen molar-refractivity contribution in [3.63, 3.8) is 0 Å². The summed E-state index contributed by atoms with van der Waals surface area (Å²) < 4.78 is 18.3. The highest BCUT2D eigenvalue weighted by Gasteiger charge is 2.28. The number of hydrogen-bond acceptors (Lipinski definition) is 4. The molecule has 138 valence electrons. The smallest absolute Gasteiger partial charge is 0.309 e. The third kappa shape index (κ3) is 4.70. The lowest BCUT2D eigenvalue weighted by Crippen LogP contribution is -2.40. The normalized spacial score (nSPS) is 14.4. The van der Waals surface area contributed by atoms with Crippen molar-refractivity contribution in [3.8, 4) is 6.07 Å². The predicted octanol–water partition coefficient (Wildman–Crippen LogP) is 3.29. The summed E-state index contributed by atoms with van der Waals surface area (Å²) >= 11 is 0. The number of carbonyl (C=O) groups is 2. The van der Waals surface area contributed by atoms with Crippen molar-refractivity contribution in [1.82, 2.24) is 4.90 Å². The minimum Gasteiger partial charge on any atom is -0.461 e. The van der Waals surface area contributed by atoms with Gasteiger partial charge in [-0.15, -0.1) is 0 Å². The highest BCUT2D eigenvalue weighted by atomic mass is 19.1. The summed E-state index contributed by atoms with van der Waals surface area (Å²) in [6.45, 7) is 1.04. The summed E-state index contributed by atoms with van der Waals surface area (Å²) in [5.74, 6) is -1.07. The molecule has 0 aliphatic carbocycles. The Hall–Kier alpha value is -3.20. The van der Waals surface area contributed by atoms with Gasteiger partial charge in [0, 0.05) is 18.7 Å². The van der Waals surface area contributed by atoms with Crippen LogP contribution >= 0.6 is 0 Å². The van der Waals surface area contributed by atoms with Crippen molar-refractivity contribution in [2.45, 2.75) is 19.4 Å². The molecule has 1 heterocycles. The average molecular weight is 366 g/mol. The summed E-state index contributed by atoms with van der Waals surface area (Å²) in [6.07, 6.45) is 1.06. The van der Waals surface area contributed by atoms with Gasteiger partial charge in [-0.3, -0.25) is 9.59 Å². The number of hydrogen-bond donors (Lipinski definition) is 0. The van der Waals surface area contributed by atoms with Crippen LogP contribution in [0, 0.1) is 23.1 Å². The van der Waals surface area contributed by atoms with E-state index in [1.165, 1.54) is 24.3 Å². The number of carbonyl (C=O) groups excluding carboxylic acids is 2. The number of nitrogens with zero attached hydrogens (tertiary/aromatic N) is 2. The van der Waals surface area contributed by atoms with Crippen molar-refractivity contribution in [2.24, 2.45) is 5.92 Å². The van der Waals surface area contributed by atoms with Crippen LogP contribution in [0.15, 0.2) is 48.5 Å². The molecule has 3 rings (SSSR count). The van der Waals surface area contributed by atoms with Crippen molar-refractivity contribution < 1.29 is 18.7 Å². The first-order valence-corrected chi connectivity index (χ1v) is 8.77. The van der Waals surface area contributed by atoms with E-state index in [-0.39, 0.29) is 30.2 Å². The molecule has 0 radical (unpaired) electrons. The van der Waals surface area contributed by atoms with E-state index < -0.39 is 0 Å². The molecule has 5 nitrogen and oxygen atoms in total. The van der Waals surface area contributed by atoms with Crippen LogP contribution in [0.5, 0.6) is 0 Å². The van der Waals surface area contributed by atoms with E-state index in [1.54, 1.807) is 29.2 Å². The Balaban J connectivity index is 1.49. The molecule has 2 aromatic carbocycles. The Morgan fingerprint density at radius 2 is 1.85 bits per heavy atom. The molecule has 0 N–H and O–H groups in total. The second kappa shape index (κ2) is 8.45. The standard InChI is InChI=1S/C21H19FN2O3/c22-19-6-4-17(5-7-19)20(25)24-10-8-18(9-11-24)21(26)27-14-16-3-1-2-15(12-16)13-23/h1-7,12,18H,8-11,14H2. The van der Waals surface area contributed by atoms with Crippen LogP contribution in [0.2, 0.25) is 0 Å². The van der Waals surface area contributed by atoms with Gasteiger partial charge in [0.15, 0.2) is 0 Å². The third-order valence-corrected chi connectivity index (χ3v) is 4.64. The van der Waals surface area contributed by atoms with Gasteiger partial charge in [-0.1, -0.05) is 12.1 Å². The number of piperidine rings is 1. The number of benzene rings is 2. The molecule has 0 spiro atoms. The predicted molar refractivity (Wildman–Crippen MR) is 96.0 cm³/mol. The fraction of sp³-hybridized carbons (Fsp3) is 0.286. The van der Waals surface area contributed by atoms with E-state index in [0.717, 1.165) is 5.56 Å². The van der Waals surface area contributed by atoms with Gasteiger partial charge in [0.2, 0.25) is 0 Å². The first kappa shape index (κ1) is 18.6. The van der Waals surface area contributed by atoms with Crippen LogP contribution < -0.4 is 0 Å². The van der Waals surface area contributed by atoms with Gasteiger partial charge >= 0.3 is 5.97 Å². The van der Waals surface area contributed by atoms with Crippen LogP contribution in [0.4, 0.5) is 4.39 Å². The molecule has 0 aromatic heterocycles. The van der Waals surface area contributed by atoms with Crippen molar-refractivity contribution in [1.29, 1.82) is 5.26 Å². The number of amides is 1. The van der Waals surface area contributed by atoms with E-state index in [4.69, 9.17) is 10.00 Å². The Labute approximate surface area is 157 Å². The third-order valence-electron chi connectivity index (χ3n) is 4.64. The zero-order valence-corrected chi connectivity index (χ0v) is 14.7. The topological polar surface area (TPSA) is 70.4 Å². The van der Waals surface area contributed by atoms with Gasteiger partial charge in [-0.25, -0.2) is 4.39 Å². The quantitative estimate of drug-likeness (QED) is 0.779. The van der Waals surface area contributed by atoms with Crippen LogP contribution in [0.1, 0.15) is 34.3 Å². The van der Waals surface area contributed by atoms with E-state index in [1.807, 2.05) is 0 Å². The van der Waals surface area contributed by atoms with Crippen molar-refractivity contribution in [3.05, 3.63) is 71.0 Å². The average Bonchev–Trinajstić information content (AvgIpc) is 2.72. The van der Waals surface area contributed by atoms with Gasteiger partial charge in [0.1, 0.15) is 12.4 Å². The molecule has 0 atom stereocenters. The van der Waals surface area contributed by atoms with Gasteiger partial charge in [0.05, 0.1) is 17.6 Å². The number of likely N-dealkylation sites (tertiary alicyclic amines) is 1. The molecule has 1 amide bonds. The summed E-state index contributed by atoms with van der Waals surface area (Å²) in [5, 5.41) is 8.90. The molecule has 0 bridgehead atoms. The van der Waals surface area contributed by atoms with Crippen LogP contribution in [0.25, 0.3) is 0 Å². The maximum atomic E-state index is 13.0. The zero-order valence-electron chi connectivity index (χ0n) is 14.7. The van der Waals surface area contributed by atoms with Crippen LogP contribution in [0.3, 0.4) is 0 Å². The minimum absolute atomic E-state index is 0.128. The maximum Gasteiger partial charge on any atom is 0.309 e. The van der Waals surface area contributed by atoms with Crippen LogP contribution in [-0.4, -0.2) is 29.9 Å². The summed E-state index contributed by atoms with van der Waals surface area (Å²) in [5.41, 5.74) is 1.73. The Morgan fingerprint density at radius 3 is 2.52 bits per heavy atom. The largest absolute Gasteiger partial charge is 0.461 e. The lowest BCUT2D eigenvalue weighted by molar-refractivity contribution is -0.151. The highest BCUT2D eigenvalue weighted by Crippen LogP contribution is 2.21. The number of halogens is 1. The second-order valence-electron chi connectivity index (χ2n) is 6.49. The van der Waals surface area contributed by atoms with E-state index in [2.05, 4.69) is 6.07 Å². The fourth-order valence-corrected chi connectivity index (χ4v) is 3.10. The minimum atomic E-state index is -0.381. The van der Waals surface area contributed by atoms with Gasteiger partial charge in [0.25, 0.3) is 5.91 Å². The number of ether oxygens (including phenoxy) is 1. The Kier molecular flexibility index (Phi) is 5.82. The molecule has 1 aliphatic rings. The number of rotatable bonds is 4. The highest BCUT2D eigenvalue weighted by molar-refractivity contribution is 5.94. The maximum absolute atomic E-state index is 13.0. The SMILES string of the molecule is N#Cc1cccc(COC(=O)C2CCN(C(=O)c3ccc(F)cc3)CC2)c1. The molecular weight excluding hydrogens is 347 g/mol. The second-order valence-corrected chi connectivity index (χ2v) is 6.49. The zero-order chi connectivity index (χ0) is 19.2. The number of esters is 1. The van der Waals surface area contributed by atoms with Crippen molar-refractivity contribution in [2.75, 3.05) is 13.1 Å². The molecule has 1 aliphatic heterocycles. The molecule has 0 unspecified atom stereocenters.